The Morgan fingerprint density at radius 3 is 2.74 bits per heavy atom. The highest BCUT2D eigenvalue weighted by Crippen LogP contribution is 2.31. The van der Waals surface area contributed by atoms with Gasteiger partial charge in [0.05, 0.1) is 7.11 Å². The van der Waals surface area contributed by atoms with Gasteiger partial charge in [0.15, 0.2) is 11.5 Å². The molecular formula is C16H25NO2. The minimum atomic E-state index is 0.539. The summed E-state index contributed by atoms with van der Waals surface area (Å²) >= 11 is 0. The third-order valence-electron chi connectivity index (χ3n) is 2.94. The summed E-state index contributed by atoms with van der Waals surface area (Å²) in [5, 5.41) is 3.39. The second-order valence-electron chi connectivity index (χ2n) is 4.52. The maximum absolute atomic E-state index is 5.88. The zero-order valence-corrected chi connectivity index (χ0v) is 12.3. The van der Waals surface area contributed by atoms with E-state index < -0.39 is 0 Å². The van der Waals surface area contributed by atoms with Gasteiger partial charge in [-0.15, -0.1) is 0 Å². The van der Waals surface area contributed by atoms with Gasteiger partial charge in [0.1, 0.15) is 6.61 Å². The number of nitrogens with one attached hydrogen (secondary N) is 1. The normalized spacial score (nSPS) is 10.3. The van der Waals surface area contributed by atoms with E-state index in [1.807, 2.05) is 12.1 Å². The molecule has 0 radical (unpaired) electrons. The van der Waals surface area contributed by atoms with E-state index in [1.165, 1.54) is 0 Å². The van der Waals surface area contributed by atoms with Crippen LogP contribution in [0.25, 0.3) is 0 Å². The number of ether oxygens (including phenoxy) is 2. The molecule has 0 fully saturated rings. The summed E-state index contributed by atoms with van der Waals surface area (Å²) in [6.45, 7) is 10.5. The third-order valence-corrected chi connectivity index (χ3v) is 2.94. The number of methoxy groups -OCH3 is 1. The number of hydrogen-bond acceptors (Lipinski definition) is 3. The van der Waals surface area contributed by atoms with Crippen molar-refractivity contribution in [1.82, 2.24) is 5.32 Å². The lowest BCUT2D eigenvalue weighted by molar-refractivity contribution is 0.313. The van der Waals surface area contributed by atoms with Crippen LogP contribution in [0, 0.1) is 0 Å². The number of rotatable bonds is 9. The molecule has 0 bridgehead atoms. The SMILES string of the molecule is C=C(CC)COc1c(CNCCC)cccc1OC. The van der Waals surface area contributed by atoms with E-state index in [9.17, 15) is 0 Å². The summed E-state index contributed by atoms with van der Waals surface area (Å²) in [4.78, 5) is 0. The second-order valence-corrected chi connectivity index (χ2v) is 4.52. The van der Waals surface area contributed by atoms with Crippen LogP contribution < -0.4 is 14.8 Å². The van der Waals surface area contributed by atoms with Crippen molar-refractivity contribution in [2.24, 2.45) is 0 Å². The van der Waals surface area contributed by atoms with Gasteiger partial charge in [0.2, 0.25) is 0 Å². The number of para-hydroxylation sites is 1. The maximum atomic E-state index is 5.88. The first-order valence-electron chi connectivity index (χ1n) is 6.88. The lowest BCUT2D eigenvalue weighted by atomic mass is 10.1. The van der Waals surface area contributed by atoms with Crippen LogP contribution in [0.2, 0.25) is 0 Å². The third kappa shape index (κ3) is 4.95. The highest BCUT2D eigenvalue weighted by molar-refractivity contribution is 5.46. The molecule has 0 heterocycles. The van der Waals surface area contributed by atoms with Crippen molar-refractivity contribution in [1.29, 1.82) is 0 Å². The smallest absolute Gasteiger partial charge is 0.166 e. The fourth-order valence-electron chi connectivity index (χ4n) is 1.70. The predicted molar refractivity (Wildman–Crippen MR) is 79.9 cm³/mol. The van der Waals surface area contributed by atoms with Crippen LogP contribution in [-0.4, -0.2) is 20.3 Å². The van der Waals surface area contributed by atoms with Gasteiger partial charge in [0, 0.05) is 12.1 Å². The first kappa shape index (κ1) is 15.6. The van der Waals surface area contributed by atoms with Crippen LogP contribution in [0.5, 0.6) is 11.5 Å². The molecule has 3 nitrogen and oxygen atoms in total. The number of benzene rings is 1. The van der Waals surface area contributed by atoms with Gasteiger partial charge in [0.25, 0.3) is 0 Å². The Balaban J connectivity index is 2.80. The molecule has 1 N–H and O–H groups in total. The van der Waals surface area contributed by atoms with Gasteiger partial charge in [-0.05, 0) is 31.0 Å². The molecule has 0 saturated heterocycles. The molecule has 0 saturated carbocycles. The van der Waals surface area contributed by atoms with E-state index in [0.717, 1.165) is 48.6 Å². The van der Waals surface area contributed by atoms with Crippen molar-refractivity contribution in [3.63, 3.8) is 0 Å². The van der Waals surface area contributed by atoms with Crippen LogP contribution in [0.4, 0.5) is 0 Å². The average molecular weight is 263 g/mol. The van der Waals surface area contributed by atoms with Gasteiger partial charge in [-0.1, -0.05) is 32.6 Å². The summed E-state index contributed by atoms with van der Waals surface area (Å²) in [7, 11) is 1.67. The van der Waals surface area contributed by atoms with Gasteiger partial charge in [-0.3, -0.25) is 0 Å². The van der Waals surface area contributed by atoms with E-state index in [-0.39, 0.29) is 0 Å². The summed E-state index contributed by atoms with van der Waals surface area (Å²) in [5.41, 5.74) is 2.20. The Morgan fingerprint density at radius 2 is 2.11 bits per heavy atom. The molecular weight excluding hydrogens is 238 g/mol. The Morgan fingerprint density at radius 1 is 1.32 bits per heavy atom. The molecule has 3 heteroatoms. The minimum absolute atomic E-state index is 0.539. The van der Waals surface area contributed by atoms with Crippen molar-refractivity contribution < 1.29 is 9.47 Å². The summed E-state index contributed by atoms with van der Waals surface area (Å²) < 4.78 is 11.3. The molecule has 1 aromatic carbocycles. The van der Waals surface area contributed by atoms with Crippen molar-refractivity contribution in [2.45, 2.75) is 33.2 Å². The van der Waals surface area contributed by atoms with Gasteiger partial charge in [-0.25, -0.2) is 0 Å². The first-order valence-corrected chi connectivity index (χ1v) is 6.88. The Bertz CT molecular complexity index is 402. The lowest BCUT2D eigenvalue weighted by Gasteiger charge is -2.16. The molecule has 0 aliphatic carbocycles. The second kappa shape index (κ2) is 8.59. The molecule has 0 spiro atoms. The predicted octanol–water partition coefficient (Wildman–Crippen LogP) is 3.54. The van der Waals surface area contributed by atoms with Crippen LogP contribution in [0.1, 0.15) is 32.3 Å². The summed E-state index contributed by atoms with van der Waals surface area (Å²) in [5.74, 6) is 1.60. The molecule has 1 aromatic rings. The minimum Gasteiger partial charge on any atom is -0.493 e. The fraction of sp³-hybridized carbons (Fsp3) is 0.500. The molecule has 0 aliphatic heterocycles. The van der Waals surface area contributed by atoms with Gasteiger partial charge >= 0.3 is 0 Å². The van der Waals surface area contributed by atoms with Crippen LogP contribution in [0.15, 0.2) is 30.4 Å². The van der Waals surface area contributed by atoms with E-state index in [0.29, 0.717) is 6.61 Å². The molecule has 106 valence electrons. The van der Waals surface area contributed by atoms with Gasteiger partial charge < -0.3 is 14.8 Å². The molecule has 1 rings (SSSR count). The topological polar surface area (TPSA) is 30.5 Å². The van der Waals surface area contributed by atoms with Crippen molar-refractivity contribution in [3.8, 4) is 11.5 Å². The van der Waals surface area contributed by atoms with Crippen molar-refractivity contribution in [3.05, 3.63) is 35.9 Å². The largest absolute Gasteiger partial charge is 0.493 e. The highest BCUT2D eigenvalue weighted by Gasteiger charge is 2.10. The standard InChI is InChI=1S/C16H25NO2/c1-5-10-17-11-14-8-7-9-15(18-4)16(14)19-12-13(3)6-2/h7-9,17H,3,5-6,10-12H2,1-2,4H3. The lowest BCUT2D eigenvalue weighted by Crippen LogP contribution is -2.15. The van der Waals surface area contributed by atoms with E-state index in [2.05, 4.69) is 31.8 Å². The zero-order valence-electron chi connectivity index (χ0n) is 12.3. The highest BCUT2D eigenvalue weighted by atomic mass is 16.5. The zero-order chi connectivity index (χ0) is 14.1. The summed E-state index contributed by atoms with van der Waals surface area (Å²) in [6.07, 6.45) is 2.05. The first-order chi connectivity index (χ1) is 9.22. The van der Waals surface area contributed by atoms with Crippen LogP contribution in [-0.2, 0) is 6.54 Å². The van der Waals surface area contributed by atoms with E-state index >= 15 is 0 Å². The van der Waals surface area contributed by atoms with Crippen LogP contribution in [0.3, 0.4) is 0 Å². The van der Waals surface area contributed by atoms with Crippen molar-refractivity contribution >= 4 is 0 Å². The molecule has 0 amide bonds. The summed E-state index contributed by atoms with van der Waals surface area (Å²) in [6, 6.07) is 5.98. The Hall–Kier alpha value is -1.48. The van der Waals surface area contributed by atoms with Crippen molar-refractivity contribution in [2.75, 3.05) is 20.3 Å². The Labute approximate surface area is 116 Å². The average Bonchev–Trinajstić information content (AvgIpc) is 2.45. The molecule has 0 aromatic heterocycles. The van der Waals surface area contributed by atoms with E-state index in [4.69, 9.17) is 9.47 Å². The monoisotopic (exact) mass is 263 g/mol. The van der Waals surface area contributed by atoms with Crippen LogP contribution >= 0.6 is 0 Å². The molecule has 0 unspecified atom stereocenters. The molecule has 19 heavy (non-hydrogen) atoms. The van der Waals surface area contributed by atoms with E-state index in [1.54, 1.807) is 7.11 Å². The maximum Gasteiger partial charge on any atom is 0.166 e. The molecule has 0 aliphatic rings. The Kier molecular flexibility index (Phi) is 7.04. The molecule has 0 atom stereocenters. The van der Waals surface area contributed by atoms with Gasteiger partial charge in [-0.2, -0.15) is 0 Å². The fourth-order valence-corrected chi connectivity index (χ4v) is 1.70. The number of hydrogen-bond donors (Lipinski definition) is 1. The quantitative estimate of drug-likeness (QED) is 0.546.